The largest absolute Gasteiger partial charge is 0.519 e. The number of hydrogen-bond donors (Lipinski definition) is 0. The molecule has 0 saturated carbocycles. The summed E-state index contributed by atoms with van der Waals surface area (Å²) >= 11 is 0. The number of carbonyl (C=O) groups is 1. The van der Waals surface area contributed by atoms with Gasteiger partial charge in [0.15, 0.2) is 0 Å². The summed E-state index contributed by atoms with van der Waals surface area (Å²) in [4.78, 5) is 10.7. The molecule has 0 aliphatic heterocycles. The van der Waals surface area contributed by atoms with E-state index in [9.17, 15) is 4.79 Å². The summed E-state index contributed by atoms with van der Waals surface area (Å²) < 4.78 is 5.04. The molecule has 10 heavy (non-hydrogen) atoms. The molecule has 0 radical (unpaired) electrons. The zero-order valence-corrected chi connectivity index (χ0v) is 7.60. The Bertz CT molecular complexity index is 161. The molecule has 0 rings (SSSR count). The second-order valence-electron chi connectivity index (χ2n) is 2.97. The maximum absolute atomic E-state index is 10.7. The summed E-state index contributed by atoms with van der Waals surface area (Å²) in [5, 5.41) is 0. The molecule has 0 aliphatic rings. The second-order valence-corrected chi connectivity index (χ2v) is 7.40. The lowest BCUT2D eigenvalue weighted by Gasteiger charge is -2.15. The second kappa shape index (κ2) is 3.42. The van der Waals surface area contributed by atoms with Gasteiger partial charge >= 0.3 is 5.97 Å². The van der Waals surface area contributed by atoms with Gasteiger partial charge in [0.1, 0.15) is 6.42 Å². The van der Waals surface area contributed by atoms with E-state index in [1.165, 1.54) is 0 Å². The molecule has 56 valence electrons. The van der Waals surface area contributed by atoms with E-state index in [1.807, 2.05) is 19.6 Å². The van der Waals surface area contributed by atoms with Crippen molar-refractivity contribution in [2.75, 3.05) is 0 Å². The first-order valence-corrected chi connectivity index (χ1v) is 6.52. The van der Waals surface area contributed by atoms with E-state index >= 15 is 0 Å². The van der Waals surface area contributed by atoms with E-state index < -0.39 is 8.32 Å². The molecule has 0 aromatic rings. The predicted molar refractivity (Wildman–Crippen MR) is 42.9 cm³/mol. The van der Waals surface area contributed by atoms with E-state index in [0.29, 0.717) is 0 Å². The quantitative estimate of drug-likeness (QED) is 0.446. The summed E-state index contributed by atoms with van der Waals surface area (Å²) in [6.45, 7) is 5.84. The van der Waals surface area contributed by atoms with Crippen LogP contribution >= 0.6 is 0 Å². The predicted octanol–water partition coefficient (Wildman–Crippen LogP) is 1.39. The van der Waals surface area contributed by atoms with Gasteiger partial charge in [-0.25, -0.2) is 0 Å². The number of carbonyl (C=O) groups excluding carboxylic acids is 1. The third-order valence-corrected chi connectivity index (χ3v) is 1.51. The molecule has 0 atom stereocenters. The normalized spacial score (nSPS) is 10.2. The minimum Gasteiger partial charge on any atom is -0.519 e. The SMILES string of the molecule is C#CCC(=O)O[Si](C)(C)C. The topological polar surface area (TPSA) is 26.3 Å². The Morgan fingerprint density at radius 3 is 2.40 bits per heavy atom. The van der Waals surface area contributed by atoms with Gasteiger partial charge in [0.25, 0.3) is 0 Å². The Labute approximate surface area is 62.7 Å². The average Bonchev–Trinajstić information content (AvgIpc) is 1.59. The van der Waals surface area contributed by atoms with E-state index in [0.717, 1.165) is 0 Å². The van der Waals surface area contributed by atoms with Gasteiger partial charge in [0.05, 0.1) is 0 Å². The fraction of sp³-hybridized carbons (Fsp3) is 0.571. The highest BCUT2D eigenvalue weighted by molar-refractivity contribution is 6.71. The van der Waals surface area contributed by atoms with Crippen molar-refractivity contribution in [3.05, 3.63) is 0 Å². The molecule has 0 fully saturated rings. The van der Waals surface area contributed by atoms with Crippen molar-refractivity contribution in [2.24, 2.45) is 0 Å². The monoisotopic (exact) mass is 156 g/mol. The molecule has 0 amide bonds. The molecule has 0 aromatic carbocycles. The van der Waals surface area contributed by atoms with Crippen molar-refractivity contribution >= 4 is 14.3 Å². The van der Waals surface area contributed by atoms with Gasteiger partial charge in [0, 0.05) is 0 Å². The van der Waals surface area contributed by atoms with Crippen LogP contribution in [0.1, 0.15) is 6.42 Å². The Kier molecular flexibility index (Phi) is 3.17. The lowest BCUT2D eigenvalue weighted by Crippen LogP contribution is -2.28. The van der Waals surface area contributed by atoms with Crippen molar-refractivity contribution in [2.45, 2.75) is 26.1 Å². The van der Waals surface area contributed by atoms with Gasteiger partial charge in [-0.3, -0.25) is 4.79 Å². The van der Waals surface area contributed by atoms with Crippen LogP contribution in [0.2, 0.25) is 19.6 Å². The molecule has 2 nitrogen and oxygen atoms in total. The van der Waals surface area contributed by atoms with Crippen LogP contribution in [0.15, 0.2) is 0 Å². The fourth-order valence-corrected chi connectivity index (χ4v) is 1.22. The van der Waals surface area contributed by atoms with Crippen LogP contribution in [0, 0.1) is 12.3 Å². The molecule has 0 unspecified atom stereocenters. The molecular formula is C7H12O2Si. The summed E-state index contributed by atoms with van der Waals surface area (Å²) in [5.41, 5.74) is 0. The highest BCUT2D eigenvalue weighted by Gasteiger charge is 2.18. The Morgan fingerprint density at radius 1 is 1.60 bits per heavy atom. The maximum atomic E-state index is 10.7. The van der Waals surface area contributed by atoms with Crippen LogP contribution in [0.5, 0.6) is 0 Å². The first kappa shape index (κ1) is 9.25. The van der Waals surface area contributed by atoms with Gasteiger partial charge in [0.2, 0.25) is 8.32 Å². The van der Waals surface area contributed by atoms with Crippen molar-refractivity contribution < 1.29 is 9.22 Å². The lowest BCUT2D eigenvalue weighted by molar-refractivity contribution is -0.133. The molecule has 0 aliphatic carbocycles. The van der Waals surface area contributed by atoms with Crippen LogP contribution in [-0.4, -0.2) is 14.3 Å². The van der Waals surface area contributed by atoms with E-state index in [-0.39, 0.29) is 12.4 Å². The first-order chi connectivity index (χ1) is 4.45. The lowest BCUT2D eigenvalue weighted by atomic mass is 10.5. The molecule has 0 saturated heterocycles. The zero-order chi connectivity index (χ0) is 8.20. The molecule has 0 heterocycles. The minimum absolute atomic E-state index is 0.0876. The first-order valence-electron chi connectivity index (χ1n) is 3.11. The number of hydrogen-bond acceptors (Lipinski definition) is 2. The summed E-state index contributed by atoms with van der Waals surface area (Å²) in [6.07, 6.45) is 5.00. The van der Waals surface area contributed by atoms with Gasteiger partial charge in [-0.1, -0.05) is 5.92 Å². The summed E-state index contributed by atoms with van der Waals surface area (Å²) in [6, 6.07) is 0. The molecule has 0 spiro atoms. The van der Waals surface area contributed by atoms with Crippen molar-refractivity contribution in [3.63, 3.8) is 0 Å². The molecule has 0 bridgehead atoms. The Hall–Kier alpha value is -0.753. The van der Waals surface area contributed by atoms with Gasteiger partial charge in [-0.05, 0) is 19.6 Å². The average molecular weight is 156 g/mol. The van der Waals surface area contributed by atoms with E-state index in [1.54, 1.807) is 0 Å². The Balaban J connectivity index is 3.72. The molecule has 3 heteroatoms. The highest BCUT2D eigenvalue weighted by Crippen LogP contribution is 2.03. The van der Waals surface area contributed by atoms with Crippen LogP contribution < -0.4 is 0 Å². The molecule has 0 aromatic heterocycles. The zero-order valence-electron chi connectivity index (χ0n) is 6.60. The van der Waals surface area contributed by atoms with Crippen LogP contribution in [0.4, 0.5) is 0 Å². The van der Waals surface area contributed by atoms with Crippen LogP contribution in [0.25, 0.3) is 0 Å². The highest BCUT2D eigenvalue weighted by atomic mass is 28.4. The Morgan fingerprint density at radius 2 is 2.10 bits per heavy atom. The standard InChI is InChI=1S/C7H12O2Si/c1-5-6-7(8)9-10(2,3)4/h1H,6H2,2-4H3. The minimum atomic E-state index is -1.70. The summed E-state index contributed by atoms with van der Waals surface area (Å²) in [5.74, 6) is 1.96. The van der Waals surface area contributed by atoms with Crippen LogP contribution in [-0.2, 0) is 9.22 Å². The van der Waals surface area contributed by atoms with Crippen molar-refractivity contribution in [1.82, 2.24) is 0 Å². The number of rotatable bonds is 2. The maximum Gasteiger partial charge on any atom is 0.304 e. The van der Waals surface area contributed by atoms with Gasteiger partial charge in [-0.15, -0.1) is 6.42 Å². The van der Waals surface area contributed by atoms with Gasteiger partial charge in [-0.2, -0.15) is 0 Å². The third kappa shape index (κ3) is 5.38. The molecule has 0 N–H and O–H groups in total. The van der Waals surface area contributed by atoms with E-state index in [2.05, 4.69) is 5.92 Å². The smallest absolute Gasteiger partial charge is 0.304 e. The summed E-state index contributed by atoms with van der Waals surface area (Å²) in [7, 11) is -1.70. The van der Waals surface area contributed by atoms with Gasteiger partial charge < -0.3 is 4.43 Å². The van der Waals surface area contributed by atoms with Crippen LogP contribution in [0.3, 0.4) is 0 Å². The van der Waals surface area contributed by atoms with E-state index in [4.69, 9.17) is 10.8 Å². The molecular weight excluding hydrogens is 144 g/mol. The number of terminal acetylenes is 1. The van der Waals surface area contributed by atoms with Crippen molar-refractivity contribution in [3.8, 4) is 12.3 Å². The third-order valence-electron chi connectivity index (χ3n) is 0.666. The fourth-order valence-electron chi connectivity index (χ4n) is 0.461. The van der Waals surface area contributed by atoms with Crippen molar-refractivity contribution in [1.29, 1.82) is 0 Å².